The number of rotatable bonds is 2. The predicted molar refractivity (Wildman–Crippen MR) is 44.5 cm³/mol. The average Bonchev–Trinajstić information content (AvgIpc) is 2.04. The standard InChI is InChI=1S/C7H9ClN2O.ClH/c1-11-7-3-2-5(8)4-6(7)10-9;/h2-4,10H,9H2,1H3;1H. The first-order chi connectivity index (χ1) is 5.27. The molecule has 0 fully saturated rings. The smallest absolute Gasteiger partial charge is 0.147 e. The number of hydrogen-bond donors (Lipinski definition) is 2. The van der Waals surface area contributed by atoms with E-state index in [0.29, 0.717) is 5.02 Å². The van der Waals surface area contributed by atoms with Gasteiger partial charge in [0.15, 0.2) is 0 Å². The van der Waals surface area contributed by atoms with Crippen LogP contribution in [0.1, 0.15) is 0 Å². The minimum atomic E-state index is 0. The van der Waals surface area contributed by atoms with E-state index in [2.05, 4.69) is 11.3 Å². The molecule has 5 heteroatoms. The van der Waals surface area contributed by atoms with E-state index >= 15 is 0 Å². The fraction of sp³-hybridized carbons (Fsp3) is 0.143. The third kappa shape index (κ3) is 2.44. The highest BCUT2D eigenvalue weighted by molar-refractivity contribution is 6.30. The molecule has 0 saturated heterocycles. The van der Waals surface area contributed by atoms with Gasteiger partial charge in [-0.05, 0) is 18.2 Å². The van der Waals surface area contributed by atoms with Gasteiger partial charge in [-0.2, -0.15) is 0 Å². The predicted octanol–water partition coefficient (Wildman–Crippen LogP) is -2.08. The van der Waals surface area contributed by atoms with Gasteiger partial charge in [-0.15, -0.1) is 0 Å². The summed E-state index contributed by atoms with van der Waals surface area (Å²) in [6.07, 6.45) is 0. The third-order valence-electron chi connectivity index (χ3n) is 1.35. The summed E-state index contributed by atoms with van der Waals surface area (Å²) in [4.78, 5) is 0. The van der Waals surface area contributed by atoms with Crippen molar-refractivity contribution < 1.29 is 23.0 Å². The van der Waals surface area contributed by atoms with Crippen LogP contribution in [0.2, 0.25) is 5.02 Å². The molecule has 0 aliphatic rings. The number of hydrogen-bond acceptors (Lipinski definition) is 2. The van der Waals surface area contributed by atoms with Crippen molar-refractivity contribution in [3.8, 4) is 5.75 Å². The molecule has 0 aliphatic heterocycles. The molecule has 4 N–H and O–H groups in total. The molecule has 0 radical (unpaired) electrons. The zero-order valence-electron chi connectivity index (χ0n) is 6.60. The Morgan fingerprint density at radius 2 is 2.17 bits per heavy atom. The third-order valence-corrected chi connectivity index (χ3v) is 1.59. The van der Waals surface area contributed by atoms with Crippen LogP contribution in [0.15, 0.2) is 18.2 Å². The summed E-state index contributed by atoms with van der Waals surface area (Å²) in [7, 11) is 1.60. The Bertz CT molecular complexity index is 255. The van der Waals surface area contributed by atoms with Crippen molar-refractivity contribution in [3.63, 3.8) is 0 Å². The molecule has 0 aliphatic carbocycles. The van der Waals surface area contributed by atoms with Crippen molar-refractivity contribution >= 4 is 17.3 Å². The molecule has 0 unspecified atom stereocenters. The lowest BCUT2D eigenvalue weighted by Crippen LogP contribution is -3.00. The zero-order chi connectivity index (χ0) is 8.27. The van der Waals surface area contributed by atoms with Crippen molar-refractivity contribution in [1.29, 1.82) is 0 Å². The van der Waals surface area contributed by atoms with Gasteiger partial charge in [0, 0.05) is 5.02 Å². The maximum atomic E-state index is 5.73. The molecule has 0 bridgehead atoms. The van der Waals surface area contributed by atoms with Gasteiger partial charge in [0.2, 0.25) is 0 Å². The molecule has 1 rings (SSSR count). The number of anilines is 1. The molecule has 12 heavy (non-hydrogen) atoms. The number of quaternary nitrogens is 1. The monoisotopic (exact) mass is 208 g/mol. The van der Waals surface area contributed by atoms with Crippen LogP contribution in [0.4, 0.5) is 5.69 Å². The molecule has 0 spiro atoms. The van der Waals surface area contributed by atoms with Crippen LogP contribution in [0, 0.1) is 0 Å². The molecule has 0 aromatic heterocycles. The van der Waals surface area contributed by atoms with E-state index in [-0.39, 0.29) is 12.4 Å². The molecule has 68 valence electrons. The lowest BCUT2D eigenvalue weighted by atomic mass is 10.3. The highest BCUT2D eigenvalue weighted by Gasteiger charge is 2.01. The Morgan fingerprint density at radius 3 is 2.67 bits per heavy atom. The lowest BCUT2D eigenvalue weighted by molar-refractivity contribution is -0.325. The second-order valence-electron chi connectivity index (χ2n) is 2.02. The van der Waals surface area contributed by atoms with Gasteiger partial charge in [0.05, 0.1) is 7.11 Å². The van der Waals surface area contributed by atoms with Crippen molar-refractivity contribution in [2.24, 2.45) is 0 Å². The fourth-order valence-electron chi connectivity index (χ4n) is 0.818. The van der Waals surface area contributed by atoms with Gasteiger partial charge in [-0.1, -0.05) is 11.6 Å². The number of methoxy groups -OCH3 is 1. The normalized spacial score (nSPS) is 8.58. The maximum absolute atomic E-state index is 5.73. The molecule has 1 aromatic carbocycles. The fourth-order valence-corrected chi connectivity index (χ4v) is 0.990. The second kappa shape index (κ2) is 5.09. The minimum absolute atomic E-state index is 0. The Labute approximate surface area is 82.2 Å². The highest BCUT2D eigenvalue weighted by atomic mass is 35.5. The largest absolute Gasteiger partial charge is 1.00 e. The van der Waals surface area contributed by atoms with Crippen LogP contribution in [0.3, 0.4) is 0 Å². The van der Waals surface area contributed by atoms with Gasteiger partial charge in [0.25, 0.3) is 0 Å². The van der Waals surface area contributed by atoms with Crippen LogP contribution in [-0.4, -0.2) is 7.11 Å². The van der Waals surface area contributed by atoms with E-state index in [0.717, 1.165) is 11.4 Å². The summed E-state index contributed by atoms with van der Waals surface area (Å²) in [5.74, 6) is 4.26. The van der Waals surface area contributed by atoms with E-state index in [1.807, 2.05) is 0 Å². The Balaban J connectivity index is 0.00000121. The van der Waals surface area contributed by atoms with Crippen LogP contribution in [0.5, 0.6) is 5.75 Å². The van der Waals surface area contributed by atoms with Gasteiger partial charge in [-0.25, -0.2) is 5.43 Å². The van der Waals surface area contributed by atoms with Gasteiger partial charge in [0.1, 0.15) is 11.4 Å². The molecule has 0 saturated carbocycles. The molecule has 0 heterocycles. The van der Waals surface area contributed by atoms with Crippen molar-refractivity contribution in [1.82, 2.24) is 0 Å². The number of nitrogens with one attached hydrogen (secondary N) is 1. The van der Waals surface area contributed by atoms with Crippen molar-refractivity contribution in [3.05, 3.63) is 23.2 Å². The summed E-state index contributed by atoms with van der Waals surface area (Å²) in [5.41, 5.74) is 3.52. The summed E-state index contributed by atoms with van der Waals surface area (Å²) in [6, 6.07) is 5.31. The second-order valence-corrected chi connectivity index (χ2v) is 2.46. The number of benzene rings is 1. The van der Waals surface area contributed by atoms with E-state index in [1.54, 1.807) is 25.3 Å². The summed E-state index contributed by atoms with van der Waals surface area (Å²) in [5, 5.41) is 0.664. The summed E-state index contributed by atoms with van der Waals surface area (Å²) >= 11 is 5.73. The van der Waals surface area contributed by atoms with Crippen molar-refractivity contribution in [2.45, 2.75) is 0 Å². The van der Waals surface area contributed by atoms with E-state index in [9.17, 15) is 0 Å². The first-order valence-electron chi connectivity index (χ1n) is 3.14. The van der Waals surface area contributed by atoms with Crippen LogP contribution < -0.4 is 28.4 Å². The van der Waals surface area contributed by atoms with Crippen LogP contribution in [-0.2, 0) is 0 Å². The van der Waals surface area contributed by atoms with E-state index < -0.39 is 0 Å². The lowest BCUT2D eigenvalue weighted by Gasteiger charge is -2.04. The average molecular weight is 209 g/mol. The quantitative estimate of drug-likeness (QED) is 0.549. The highest BCUT2D eigenvalue weighted by Crippen LogP contribution is 2.25. The minimum Gasteiger partial charge on any atom is -1.00 e. The Kier molecular flexibility index (Phi) is 4.81. The number of ether oxygens (including phenoxy) is 1. The first-order valence-corrected chi connectivity index (χ1v) is 3.52. The Hall–Kier alpha value is -0.640. The molecule has 0 atom stereocenters. The molecular weight excluding hydrogens is 199 g/mol. The summed E-state index contributed by atoms with van der Waals surface area (Å²) < 4.78 is 5.03. The van der Waals surface area contributed by atoms with Crippen molar-refractivity contribution in [2.75, 3.05) is 12.5 Å². The van der Waals surface area contributed by atoms with Gasteiger partial charge < -0.3 is 17.1 Å². The molecule has 0 amide bonds. The molecule has 1 aromatic rings. The van der Waals surface area contributed by atoms with Crippen LogP contribution >= 0.6 is 11.6 Å². The van der Waals surface area contributed by atoms with Gasteiger partial charge >= 0.3 is 0 Å². The van der Waals surface area contributed by atoms with Crippen LogP contribution in [0.25, 0.3) is 0 Å². The van der Waals surface area contributed by atoms with E-state index in [1.165, 1.54) is 0 Å². The van der Waals surface area contributed by atoms with Gasteiger partial charge in [-0.3, -0.25) is 5.84 Å². The first kappa shape index (κ1) is 11.4. The summed E-state index contributed by atoms with van der Waals surface area (Å²) in [6.45, 7) is 0. The molecule has 3 nitrogen and oxygen atoms in total. The topological polar surface area (TPSA) is 48.9 Å². The Morgan fingerprint density at radius 1 is 1.50 bits per heavy atom. The maximum Gasteiger partial charge on any atom is 0.147 e. The molecular formula is C7H10Cl2N2O. The SMILES string of the molecule is COc1ccc(Cl)cc1N[NH3+].[Cl-]. The zero-order valence-corrected chi connectivity index (χ0v) is 8.12. The number of halogens is 2. The van der Waals surface area contributed by atoms with E-state index in [4.69, 9.17) is 16.3 Å².